The van der Waals surface area contributed by atoms with Crippen molar-refractivity contribution in [3.05, 3.63) is 88.4 Å². The fourth-order valence-corrected chi connectivity index (χ4v) is 3.45. The second-order valence-electron chi connectivity index (χ2n) is 6.28. The summed E-state index contributed by atoms with van der Waals surface area (Å²) < 4.78 is 11.5. The molecule has 0 saturated carbocycles. The molecular formula is C23H22BrNO3. The van der Waals surface area contributed by atoms with Gasteiger partial charge in [0.25, 0.3) is 0 Å². The molecule has 3 aromatic carbocycles. The lowest BCUT2D eigenvalue weighted by molar-refractivity contribution is -0.118. The Morgan fingerprint density at radius 2 is 1.46 bits per heavy atom. The van der Waals surface area contributed by atoms with E-state index >= 15 is 0 Å². The Balaban J connectivity index is 1.90. The summed E-state index contributed by atoms with van der Waals surface area (Å²) in [6.45, 7) is 0.509. The molecule has 5 heteroatoms. The highest BCUT2D eigenvalue weighted by Crippen LogP contribution is 2.34. The van der Waals surface area contributed by atoms with Gasteiger partial charge >= 0.3 is 0 Å². The molecule has 3 rings (SSSR count). The molecule has 4 nitrogen and oxygen atoms in total. The number of hydrogen-bond acceptors (Lipinski definition) is 3. The Bertz CT molecular complexity index is 929. The van der Waals surface area contributed by atoms with E-state index in [9.17, 15) is 4.79 Å². The van der Waals surface area contributed by atoms with Crippen molar-refractivity contribution in [3.8, 4) is 11.5 Å². The van der Waals surface area contributed by atoms with Crippen LogP contribution in [0.5, 0.6) is 11.5 Å². The molecule has 0 spiro atoms. The van der Waals surface area contributed by atoms with Crippen LogP contribution in [0.25, 0.3) is 0 Å². The van der Waals surface area contributed by atoms with E-state index < -0.39 is 0 Å². The van der Waals surface area contributed by atoms with Gasteiger partial charge in [-0.25, -0.2) is 0 Å². The molecule has 3 aromatic rings. The highest BCUT2D eigenvalue weighted by molar-refractivity contribution is 9.10. The number of carbonyl (C=O) groups is 1. The van der Waals surface area contributed by atoms with Gasteiger partial charge in [-0.05, 0) is 35.4 Å². The lowest BCUT2D eigenvalue weighted by Crippen LogP contribution is -2.31. The summed E-state index contributed by atoms with van der Waals surface area (Å²) in [5, 5.41) is 0. The number of carbonyl (C=O) groups excluding carboxylic acids is 1. The predicted molar refractivity (Wildman–Crippen MR) is 115 cm³/mol. The van der Waals surface area contributed by atoms with Crippen molar-refractivity contribution < 1.29 is 14.3 Å². The van der Waals surface area contributed by atoms with Crippen molar-refractivity contribution in [3.63, 3.8) is 0 Å². The molecule has 0 aliphatic rings. The van der Waals surface area contributed by atoms with Gasteiger partial charge in [0.15, 0.2) is 11.5 Å². The number of methoxy groups -OCH3 is 2. The molecule has 0 heterocycles. The van der Waals surface area contributed by atoms with Crippen LogP contribution in [0.15, 0.2) is 77.3 Å². The molecule has 1 amide bonds. The zero-order valence-corrected chi connectivity index (χ0v) is 17.5. The molecule has 144 valence electrons. The number of para-hydroxylation sites is 1. The van der Waals surface area contributed by atoms with Gasteiger partial charge in [-0.3, -0.25) is 4.79 Å². The van der Waals surface area contributed by atoms with Crippen LogP contribution in [-0.4, -0.2) is 20.1 Å². The third-order valence-electron chi connectivity index (χ3n) is 4.45. The van der Waals surface area contributed by atoms with Gasteiger partial charge in [0, 0.05) is 10.2 Å². The number of nitrogens with zero attached hydrogens (tertiary/aromatic N) is 1. The van der Waals surface area contributed by atoms with Crippen molar-refractivity contribution in [1.82, 2.24) is 0 Å². The number of benzene rings is 3. The summed E-state index contributed by atoms with van der Waals surface area (Å²) in [6.07, 6.45) is 0.239. The van der Waals surface area contributed by atoms with Crippen LogP contribution in [0.4, 0.5) is 5.69 Å². The second kappa shape index (κ2) is 9.42. The minimum atomic E-state index is 0.00275. The lowest BCUT2D eigenvalue weighted by Gasteiger charge is -2.24. The van der Waals surface area contributed by atoms with E-state index in [2.05, 4.69) is 15.9 Å². The molecule has 0 radical (unpaired) electrons. The normalized spacial score (nSPS) is 10.4. The van der Waals surface area contributed by atoms with E-state index in [1.807, 2.05) is 72.8 Å². The van der Waals surface area contributed by atoms with E-state index in [-0.39, 0.29) is 12.3 Å². The first-order valence-corrected chi connectivity index (χ1v) is 9.71. The third-order valence-corrected chi connectivity index (χ3v) is 5.18. The van der Waals surface area contributed by atoms with Crippen molar-refractivity contribution >= 4 is 27.5 Å². The third kappa shape index (κ3) is 4.73. The molecule has 0 bridgehead atoms. The van der Waals surface area contributed by atoms with Crippen LogP contribution < -0.4 is 14.4 Å². The monoisotopic (exact) mass is 439 g/mol. The molecule has 0 aliphatic carbocycles. The van der Waals surface area contributed by atoms with Crippen LogP contribution >= 0.6 is 15.9 Å². The summed E-state index contributed by atoms with van der Waals surface area (Å²) >= 11 is 3.55. The van der Waals surface area contributed by atoms with Crippen LogP contribution in [-0.2, 0) is 17.8 Å². The molecule has 0 fully saturated rings. The average Bonchev–Trinajstić information content (AvgIpc) is 2.74. The highest BCUT2D eigenvalue weighted by Gasteiger charge is 2.19. The zero-order valence-electron chi connectivity index (χ0n) is 15.9. The molecular weight excluding hydrogens is 418 g/mol. The topological polar surface area (TPSA) is 38.8 Å². The second-order valence-corrected chi connectivity index (χ2v) is 7.13. The first-order valence-electron chi connectivity index (χ1n) is 8.92. The number of amides is 1. The maximum atomic E-state index is 13.3. The summed E-state index contributed by atoms with van der Waals surface area (Å²) in [4.78, 5) is 15.1. The van der Waals surface area contributed by atoms with Crippen LogP contribution in [0.1, 0.15) is 11.1 Å². The van der Waals surface area contributed by atoms with Crippen LogP contribution in [0, 0.1) is 0 Å². The fourth-order valence-electron chi connectivity index (χ4n) is 2.99. The average molecular weight is 440 g/mol. The summed E-state index contributed by atoms with van der Waals surface area (Å²) in [5.74, 6) is 1.22. The Morgan fingerprint density at radius 1 is 0.893 bits per heavy atom. The highest BCUT2D eigenvalue weighted by atomic mass is 79.9. The molecule has 0 unspecified atom stereocenters. The number of anilines is 1. The predicted octanol–water partition coefficient (Wildman–Crippen LogP) is 5.24. The number of ether oxygens (including phenoxy) is 2. The molecule has 0 atom stereocenters. The van der Waals surface area contributed by atoms with Crippen LogP contribution in [0.3, 0.4) is 0 Å². The Morgan fingerprint density at radius 3 is 2.07 bits per heavy atom. The molecule has 0 aliphatic heterocycles. The van der Waals surface area contributed by atoms with Gasteiger partial charge in [0.1, 0.15) is 0 Å². The van der Waals surface area contributed by atoms with E-state index in [4.69, 9.17) is 9.47 Å². The van der Waals surface area contributed by atoms with Gasteiger partial charge in [-0.2, -0.15) is 0 Å². The fraction of sp³-hybridized carbons (Fsp3) is 0.174. The minimum Gasteiger partial charge on any atom is -0.493 e. The van der Waals surface area contributed by atoms with Gasteiger partial charge in [-0.1, -0.05) is 64.5 Å². The maximum absolute atomic E-state index is 13.3. The SMILES string of the molecule is COc1cc(Br)c(CC(=O)N(Cc2ccccc2)c2ccccc2)cc1OC. The first-order chi connectivity index (χ1) is 13.6. The Hall–Kier alpha value is -2.79. The Labute approximate surface area is 173 Å². The van der Waals surface area contributed by atoms with E-state index in [0.717, 1.165) is 21.3 Å². The van der Waals surface area contributed by atoms with Crippen LogP contribution in [0.2, 0.25) is 0 Å². The number of rotatable bonds is 7. The largest absolute Gasteiger partial charge is 0.493 e. The standard InChI is InChI=1S/C23H22BrNO3/c1-27-21-13-18(20(24)15-22(21)28-2)14-23(26)25(19-11-7-4-8-12-19)16-17-9-5-3-6-10-17/h3-13,15H,14,16H2,1-2H3. The van der Waals surface area contributed by atoms with Gasteiger partial charge < -0.3 is 14.4 Å². The van der Waals surface area contributed by atoms with Gasteiger partial charge in [0.2, 0.25) is 5.91 Å². The maximum Gasteiger partial charge on any atom is 0.231 e. The Kier molecular flexibility index (Phi) is 6.71. The van der Waals surface area contributed by atoms with Gasteiger partial charge in [0.05, 0.1) is 27.2 Å². The summed E-state index contributed by atoms with van der Waals surface area (Å²) in [5.41, 5.74) is 2.79. The quantitative estimate of drug-likeness (QED) is 0.504. The summed E-state index contributed by atoms with van der Waals surface area (Å²) in [6, 6.07) is 23.4. The number of hydrogen-bond donors (Lipinski definition) is 0. The molecule has 28 heavy (non-hydrogen) atoms. The minimum absolute atomic E-state index is 0.00275. The van der Waals surface area contributed by atoms with Crippen molar-refractivity contribution in [2.75, 3.05) is 19.1 Å². The van der Waals surface area contributed by atoms with E-state index in [1.54, 1.807) is 19.1 Å². The summed E-state index contributed by atoms with van der Waals surface area (Å²) in [7, 11) is 3.18. The number of halogens is 1. The first kappa shape index (κ1) is 20.0. The van der Waals surface area contributed by atoms with Crippen molar-refractivity contribution in [2.45, 2.75) is 13.0 Å². The smallest absolute Gasteiger partial charge is 0.231 e. The van der Waals surface area contributed by atoms with Crippen molar-refractivity contribution in [1.29, 1.82) is 0 Å². The van der Waals surface area contributed by atoms with Crippen molar-refractivity contribution in [2.24, 2.45) is 0 Å². The molecule has 0 aromatic heterocycles. The van der Waals surface area contributed by atoms with Gasteiger partial charge in [-0.15, -0.1) is 0 Å². The zero-order chi connectivity index (χ0) is 19.9. The van der Waals surface area contributed by atoms with E-state index in [1.165, 1.54) is 0 Å². The molecule has 0 saturated heterocycles. The lowest BCUT2D eigenvalue weighted by atomic mass is 10.1. The van der Waals surface area contributed by atoms with E-state index in [0.29, 0.717) is 18.0 Å². The molecule has 0 N–H and O–H groups in total.